The largest absolute Gasteiger partial charge is 0.492 e. The van der Waals surface area contributed by atoms with Gasteiger partial charge in [-0.3, -0.25) is 9.59 Å². The monoisotopic (exact) mass is 751 g/mol. The van der Waals surface area contributed by atoms with Crippen LogP contribution in [0, 0.1) is 11.2 Å². The summed E-state index contributed by atoms with van der Waals surface area (Å²) in [5.41, 5.74) is 3.28. The van der Waals surface area contributed by atoms with Gasteiger partial charge in [0.25, 0.3) is 5.91 Å². The lowest BCUT2D eigenvalue weighted by atomic mass is 9.94. The molecule has 0 aliphatic carbocycles. The second kappa shape index (κ2) is 19.1. The molecular weight excluding hydrogens is 704 g/mol. The van der Waals surface area contributed by atoms with Gasteiger partial charge in [-0.1, -0.05) is 93.0 Å². The van der Waals surface area contributed by atoms with Gasteiger partial charge in [-0.2, -0.15) is 0 Å². The Morgan fingerprint density at radius 1 is 0.962 bits per heavy atom. The molecule has 8 nitrogen and oxygen atoms in total. The average molecular weight is 753 g/mol. The molecule has 1 aliphatic heterocycles. The van der Waals surface area contributed by atoms with Crippen LogP contribution in [0.4, 0.5) is 10.1 Å². The van der Waals surface area contributed by atoms with Gasteiger partial charge in [0.2, 0.25) is 5.91 Å². The Kier molecular flexibility index (Phi) is 14.9. The van der Waals surface area contributed by atoms with E-state index in [0.717, 1.165) is 19.4 Å². The molecule has 0 unspecified atom stereocenters. The van der Waals surface area contributed by atoms with Crippen molar-refractivity contribution in [3.8, 4) is 11.5 Å². The Morgan fingerprint density at radius 3 is 2.44 bits per heavy atom. The number of carbonyl (C=O) groups excluding carboxylic acids is 2. The summed E-state index contributed by atoms with van der Waals surface area (Å²) in [4.78, 5) is 29.3. The summed E-state index contributed by atoms with van der Waals surface area (Å²) in [6, 6.07) is 27.5. The van der Waals surface area contributed by atoms with Crippen LogP contribution in [0.15, 0.2) is 91.0 Å². The van der Waals surface area contributed by atoms with Gasteiger partial charge in [0.05, 0.1) is 13.5 Å². The SMILES string of the molecule is COc1c(OCCNCCCc2ccccc2)cccc1[C@H]1O[C@H](CC(=O)NCc2ccccc2F)C(=O)N(CC(C)(C)C)c2ccc(Cl)cc21.Cl. The van der Waals surface area contributed by atoms with Crippen molar-refractivity contribution in [1.29, 1.82) is 0 Å². The number of para-hydroxylation sites is 1. The lowest BCUT2D eigenvalue weighted by Crippen LogP contribution is -2.45. The quantitative estimate of drug-likeness (QED) is 0.120. The van der Waals surface area contributed by atoms with Gasteiger partial charge in [-0.05, 0) is 60.7 Å². The van der Waals surface area contributed by atoms with E-state index >= 15 is 0 Å². The highest BCUT2D eigenvalue weighted by molar-refractivity contribution is 6.30. The molecule has 0 fully saturated rings. The minimum atomic E-state index is -1.17. The standard InChI is InChI=1S/C41H47ClFN3O5.ClH/c1-41(2,3)27-46-34-20-19-30(42)24-32(34)38(51-36(40(46)48)25-37(47)45-26-29-15-8-9-17-33(29)43)31-16-10-18-35(39(31)49-4)50-23-22-44-21-11-14-28-12-6-5-7-13-28;/h5-10,12-13,15-20,24,36,38,44H,11,14,21-23,25-27H2,1-4H3,(H,45,47);1H/t36-,38-;/m1./s1. The number of fused-ring (bicyclic) bond motifs is 1. The number of hydrogen-bond donors (Lipinski definition) is 2. The fraction of sp³-hybridized carbons (Fsp3) is 0.366. The van der Waals surface area contributed by atoms with Crippen LogP contribution in [0.25, 0.3) is 0 Å². The lowest BCUT2D eigenvalue weighted by Gasteiger charge is -2.31. The van der Waals surface area contributed by atoms with Crippen molar-refractivity contribution in [2.24, 2.45) is 5.41 Å². The third kappa shape index (κ3) is 10.9. The van der Waals surface area contributed by atoms with Crippen LogP contribution in [-0.4, -0.2) is 51.3 Å². The number of amides is 2. The number of ether oxygens (including phenoxy) is 3. The molecular formula is C41H48Cl2FN3O5. The van der Waals surface area contributed by atoms with Crippen LogP contribution in [-0.2, 0) is 27.3 Å². The van der Waals surface area contributed by atoms with Gasteiger partial charge in [0.15, 0.2) is 11.5 Å². The Labute approximate surface area is 317 Å². The molecule has 0 bridgehead atoms. The van der Waals surface area contributed by atoms with Crippen molar-refractivity contribution in [2.45, 2.75) is 58.8 Å². The summed E-state index contributed by atoms with van der Waals surface area (Å²) in [5, 5.41) is 6.66. The van der Waals surface area contributed by atoms with E-state index in [0.29, 0.717) is 58.6 Å². The maximum absolute atomic E-state index is 14.3. The Morgan fingerprint density at radius 2 is 1.71 bits per heavy atom. The molecule has 1 heterocycles. The number of rotatable bonds is 15. The third-order valence-corrected chi connectivity index (χ3v) is 8.77. The summed E-state index contributed by atoms with van der Waals surface area (Å²) in [7, 11) is 1.56. The number of benzene rings is 4. The van der Waals surface area contributed by atoms with Crippen LogP contribution < -0.4 is 25.0 Å². The molecule has 2 atom stereocenters. The smallest absolute Gasteiger partial charge is 0.256 e. The predicted molar refractivity (Wildman–Crippen MR) is 206 cm³/mol. The predicted octanol–water partition coefficient (Wildman–Crippen LogP) is 8.08. The topological polar surface area (TPSA) is 89.1 Å². The third-order valence-electron chi connectivity index (χ3n) is 8.54. The molecule has 0 radical (unpaired) electrons. The van der Waals surface area contributed by atoms with Crippen molar-refractivity contribution in [1.82, 2.24) is 10.6 Å². The highest BCUT2D eigenvalue weighted by Crippen LogP contribution is 2.45. The van der Waals surface area contributed by atoms with E-state index in [1.807, 2.05) is 51.1 Å². The van der Waals surface area contributed by atoms with Gasteiger partial charge >= 0.3 is 0 Å². The first-order valence-corrected chi connectivity index (χ1v) is 17.7. The second-order valence-corrected chi connectivity index (χ2v) is 14.3. The zero-order valence-corrected chi connectivity index (χ0v) is 31.7. The fourth-order valence-corrected chi connectivity index (χ4v) is 6.33. The first-order valence-electron chi connectivity index (χ1n) is 17.3. The molecule has 1 aliphatic rings. The molecule has 0 spiro atoms. The minimum absolute atomic E-state index is 0. The number of carbonyl (C=O) groups is 2. The molecule has 278 valence electrons. The first kappa shape index (κ1) is 40.6. The number of nitrogens with zero attached hydrogens (tertiary/aromatic N) is 1. The Balaban J connectivity index is 0.00000605. The zero-order chi connectivity index (χ0) is 36.4. The molecule has 5 rings (SSSR count). The molecule has 0 saturated heterocycles. The summed E-state index contributed by atoms with van der Waals surface area (Å²) in [5.74, 6) is -0.250. The molecule has 4 aromatic rings. The number of hydrogen-bond acceptors (Lipinski definition) is 6. The van der Waals surface area contributed by atoms with E-state index in [1.165, 1.54) is 11.6 Å². The molecule has 0 saturated carbocycles. The van der Waals surface area contributed by atoms with Crippen LogP contribution in [0.1, 0.15) is 62.0 Å². The van der Waals surface area contributed by atoms with Crippen LogP contribution in [0.2, 0.25) is 5.02 Å². The first-order chi connectivity index (χ1) is 24.5. The van der Waals surface area contributed by atoms with Crippen molar-refractivity contribution in [2.75, 3.05) is 38.3 Å². The number of nitrogens with one attached hydrogen (secondary N) is 2. The number of methoxy groups -OCH3 is 1. The van der Waals surface area contributed by atoms with E-state index in [2.05, 4.69) is 34.9 Å². The zero-order valence-electron chi connectivity index (χ0n) is 30.1. The highest BCUT2D eigenvalue weighted by Gasteiger charge is 2.40. The Bertz CT molecular complexity index is 1790. The van der Waals surface area contributed by atoms with Gasteiger partial charge in [-0.15, -0.1) is 12.4 Å². The van der Waals surface area contributed by atoms with Gasteiger partial charge in [0.1, 0.15) is 24.6 Å². The molecule has 2 N–H and O–H groups in total. The maximum Gasteiger partial charge on any atom is 0.256 e. The van der Waals surface area contributed by atoms with E-state index in [-0.39, 0.29) is 36.7 Å². The van der Waals surface area contributed by atoms with Crippen molar-refractivity contribution >= 4 is 41.5 Å². The average Bonchev–Trinajstić information content (AvgIpc) is 3.21. The molecule has 52 heavy (non-hydrogen) atoms. The van der Waals surface area contributed by atoms with Crippen molar-refractivity contribution in [3.05, 3.63) is 124 Å². The Hall–Kier alpha value is -4.15. The summed E-state index contributed by atoms with van der Waals surface area (Å²) >= 11 is 6.58. The molecule has 2 amide bonds. The lowest BCUT2D eigenvalue weighted by molar-refractivity contribution is -0.138. The van der Waals surface area contributed by atoms with Crippen molar-refractivity contribution in [3.63, 3.8) is 0 Å². The number of anilines is 1. The number of aryl methyl sites for hydroxylation is 1. The van der Waals surface area contributed by atoms with E-state index in [9.17, 15) is 14.0 Å². The second-order valence-electron chi connectivity index (χ2n) is 13.8. The van der Waals surface area contributed by atoms with Gasteiger partial charge in [0, 0.05) is 47.0 Å². The normalized spacial score (nSPS) is 15.7. The van der Waals surface area contributed by atoms with Crippen LogP contribution in [0.3, 0.4) is 0 Å². The molecule has 0 aromatic heterocycles. The highest BCUT2D eigenvalue weighted by atomic mass is 35.5. The maximum atomic E-state index is 14.3. The molecule has 4 aromatic carbocycles. The molecule has 11 heteroatoms. The van der Waals surface area contributed by atoms with Crippen LogP contribution in [0.5, 0.6) is 11.5 Å². The van der Waals surface area contributed by atoms with E-state index < -0.39 is 23.9 Å². The summed E-state index contributed by atoms with van der Waals surface area (Å²) in [6.45, 7) is 8.36. The van der Waals surface area contributed by atoms with Gasteiger partial charge < -0.3 is 29.7 Å². The van der Waals surface area contributed by atoms with Crippen LogP contribution >= 0.6 is 24.0 Å². The van der Waals surface area contributed by atoms with E-state index in [4.69, 9.17) is 25.8 Å². The van der Waals surface area contributed by atoms with Crippen molar-refractivity contribution < 1.29 is 28.2 Å². The summed E-state index contributed by atoms with van der Waals surface area (Å²) < 4.78 is 33.1. The minimum Gasteiger partial charge on any atom is -0.492 e. The summed E-state index contributed by atoms with van der Waals surface area (Å²) in [6.07, 6.45) is -0.274. The number of halogens is 3. The van der Waals surface area contributed by atoms with E-state index in [1.54, 1.807) is 42.3 Å². The fourth-order valence-electron chi connectivity index (χ4n) is 6.15. The van der Waals surface area contributed by atoms with Gasteiger partial charge in [-0.25, -0.2) is 4.39 Å².